The molecule has 6 nitrogen and oxygen atoms in total. The zero-order chi connectivity index (χ0) is 19.7. The van der Waals surface area contributed by atoms with Gasteiger partial charge in [0.15, 0.2) is 5.82 Å². The minimum atomic E-state index is -0.523. The Balaban J connectivity index is 1.83. The molecule has 4 rings (SSSR count). The molecule has 0 spiro atoms. The summed E-state index contributed by atoms with van der Waals surface area (Å²) < 4.78 is 0. The number of hydrogen-bond donors (Lipinski definition) is 1. The SMILES string of the molecule is O=[N+]([O-])c1cc(Nc2nc(-c3ccc(Cl)cc3)nc3ccccc23)ccc1Cl. The summed E-state index contributed by atoms with van der Waals surface area (Å²) in [7, 11) is 0. The van der Waals surface area contributed by atoms with Crippen LogP contribution in [0.4, 0.5) is 17.2 Å². The lowest BCUT2D eigenvalue weighted by Gasteiger charge is -2.11. The molecular formula is C20H12Cl2N4O2. The van der Waals surface area contributed by atoms with Crippen molar-refractivity contribution in [3.8, 4) is 11.4 Å². The van der Waals surface area contributed by atoms with E-state index in [0.29, 0.717) is 22.4 Å². The number of halogens is 2. The summed E-state index contributed by atoms with van der Waals surface area (Å²) in [5.41, 5.74) is 1.87. The van der Waals surface area contributed by atoms with Crippen molar-refractivity contribution in [1.82, 2.24) is 9.97 Å². The Morgan fingerprint density at radius 2 is 1.68 bits per heavy atom. The van der Waals surface area contributed by atoms with Crippen LogP contribution in [0.1, 0.15) is 0 Å². The van der Waals surface area contributed by atoms with Gasteiger partial charge in [-0.2, -0.15) is 0 Å². The first-order valence-corrected chi connectivity index (χ1v) is 9.00. The second-order valence-electron chi connectivity index (χ2n) is 5.97. The number of aromatic nitrogens is 2. The third-order valence-corrected chi connectivity index (χ3v) is 4.68. The fourth-order valence-electron chi connectivity index (χ4n) is 2.77. The highest BCUT2D eigenvalue weighted by molar-refractivity contribution is 6.32. The maximum Gasteiger partial charge on any atom is 0.289 e. The molecular weight excluding hydrogens is 399 g/mol. The van der Waals surface area contributed by atoms with Crippen molar-refractivity contribution in [3.63, 3.8) is 0 Å². The van der Waals surface area contributed by atoms with Gasteiger partial charge in [0.2, 0.25) is 0 Å². The number of anilines is 2. The predicted molar refractivity (Wildman–Crippen MR) is 111 cm³/mol. The van der Waals surface area contributed by atoms with Gasteiger partial charge in [-0.3, -0.25) is 10.1 Å². The Morgan fingerprint density at radius 1 is 0.929 bits per heavy atom. The van der Waals surface area contributed by atoms with Crippen LogP contribution in [0.5, 0.6) is 0 Å². The minimum absolute atomic E-state index is 0.0740. The van der Waals surface area contributed by atoms with Crippen LogP contribution in [0.15, 0.2) is 66.7 Å². The standard InChI is InChI=1S/C20H12Cl2N4O2/c21-13-7-5-12(6-8-13)19-24-17-4-2-1-3-15(17)20(25-19)23-14-9-10-16(22)18(11-14)26(27)28/h1-11H,(H,23,24,25). The summed E-state index contributed by atoms with van der Waals surface area (Å²) >= 11 is 11.9. The highest BCUT2D eigenvalue weighted by atomic mass is 35.5. The van der Waals surface area contributed by atoms with Crippen LogP contribution in [0.2, 0.25) is 10.0 Å². The number of nitro groups is 1. The van der Waals surface area contributed by atoms with E-state index in [9.17, 15) is 10.1 Å². The summed E-state index contributed by atoms with van der Waals surface area (Å²) in [4.78, 5) is 19.9. The Labute approximate surface area is 169 Å². The molecule has 0 saturated carbocycles. The molecule has 3 aromatic carbocycles. The van der Waals surface area contributed by atoms with Crippen molar-refractivity contribution in [2.24, 2.45) is 0 Å². The lowest BCUT2D eigenvalue weighted by Crippen LogP contribution is -2.00. The van der Waals surface area contributed by atoms with Crippen LogP contribution in [0, 0.1) is 10.1 Å². The fraction of sp³-hybridized carbons (Fsp3) is 0. The van der Waals surface area contributed by atoms with Gasteiger partial charge in [-0.05, 0) is 48.5 Å². The third-order valence-electron chi connectivity index (χ3n) is 4.11. The molecule has 8 heteroatoms. The zero-order valence-corrected chi connectivity index (χ0v) is 15.8. The van der Waals surface area contributed by atoms with E-state index in [2.05, 4.69) is 15.3 Å². The molecule has 0 aliphatic heterocycles. The topological polar surface area (TPSA) is 81.0 Å². The highest BCUT2D eigenvalue weighted by Gasteiger charge is 2.15. The van der Waals surface area contributed by atoms with E-state index in [4.69, 9.17) is 23.2 Å². The molecule has 0 amide bonds. The molecule has 0 aliphatic rings. The van der Waals surface area contributed by atoms with E-state index < -0.39 is 4.92 Å². The number of nitro benzene ring substituents is 1. The van der Waals surface area contributed by atoms with Gasteiger partial charge in [0.05, 0.1) is 10.4 Å². The molecule has 0 aliphatic carbocycles. The summed E-state index contributed by atoms with van der Waals surface area (Å²) in [6.45, 7) is 0. The summed E-state index contributed by atoms with van der Waals surface area (Å²) in [6, 6.07) is 19.3. The lowest BCUT2D eigenvalue weighted by atomic mass is 10.1. The van der Waals surface area contributed by atoms with E-state index in [1.54, 1.807) is 18.2 Å². The number of fused-ring (bicyclic) bond motifs is 1. The van der Waals surface area contributed by atoms with Gasteiger partial charge in [0.1, 0.15) is 10.8 Å². The van der Waals surface area contributed by atoms with Crippen LogP contribution in [-0.2, 0) is 0 Å². The van der Waals surface area contributed by atoms with Crippen molar-refractivity contribution in [2.45, 2.75) is 0 Å². The van der Waals surface area contributed by atoms with Gasteiger partial charge in [0.25, 0.3) is 5.69 Å². The molecule has 0 saturated heterocycles. The van der Waals surface area contributed by atoms with Crippen LogP contribution in [-0.4, -0.2) is 14.9 Å². The first kappa shape index (κ1) is 18.2. The Bertz CT molecular complexity index is 1200. The third kappa shape index (κ3) is 3.60. The van der Waals surface area contributed by atoms with Gasteiger partial charge >= 0.3 is 0 Å². The zero-order valence-electron chi connectivity index (χ0n) is 14.3. The average molecular weight is 411 g/mol. The minimum Gasteiger partial charge on any atom is -0.339 e. The van der Waals surface area contributed by atoms with Crippen molar-refractivity contribution >= 4 is 51.3 Å². The smallest absolute Gasteiger partial charge is 0.289 e. The van der Waals surface area contributed by atoms with E-state index in [1.165, 1.54) is 12.1 Å². The largest absolute Gasteiger partial charge is 0.339 e. The van der Waals surface area contributed by atoms with Gasteiger partial charge < -0.3 is 5.32 Å². The maximum absolute atomic E-state index is 11.2. The maximum atomic E-state index is 11.2. The van der Waals surface area contributed by atoms with Crippen molar-refractivity contribution in [3.05, 3.63) is 86.9 Å². The van der Waals surface area contributed by atoms with Crippen LogP contribution in [0.25, 0.3) is 22.3 Å². The summed E-state index contributed by atoms with van der Waals surface area (Å²) in [5, 5.41) is 15.8. The van der Waals surface area contributed by atoms with Gasteiger partial charge in [-0.1, -0.05) is 35.3 Å². The molecule has 1 heterocycles. The molecule has 1 N–H and O–H groups in total. The average Bonchev–Trinajstić information content (AvgIpc) is 2.69. The lowest BCUT2D eigenvalue weighted by molar-refractivity contribution is -0.384. The Kier molecular flexibility index (Phi) is 4.81. The number of nitrogens with zero attached hydrogens (tertiary/aromatic N) is 3. The Hall–Kier alpha value is -3.22. The number of benzene rings is 3. The van der Waals surface area contributed by atoms with E-state index in [-0.39, 0.29) is 10.7 Å². The second-order valence-corrected chi connectivity index (χ2v) is 6.81. The number of hydrogen-bond acceptors (Lipinski definition) is 5. The molecule has 4 aromatic rings. The molecule has 0 atom stereocenters. The normalized spacial score (nSPS) is 10.8. The van der Waals surface area contributed by atoms with Crippen LogP contribution >= 0.6 is 23.2 Å². The summed E-state index contributed by atoms with van der Waals surface area (Å²) in [5.74, 6) is 1.05. The number of rotatable bonds is 4. The number of nitrogens with one attached hydrogen (secondary N) is 1. The van der Waals surface area contributed by atoms with Gasteiger partial charge in [-0.25, -0.2) is 9.97 Å². The molecule has 0 fully saturated rings. The fourth-order valence-corrected chi connectivity index (χ4v) is 3.08. The molecule has 1 aromatic heterocycles. The quantitative estimate of drug-likeness (QED) is 0.317. The predicted octanol–water partition coefficient (Wildman–Crippen LogP) is 6.26. The first-order chi connectivity index (χ1) is 13.5. The molecule has 28 heavy (non-hydrogen) atoms. The second kappa shape index (κ2) is 7.42. The first-order valence-electron chi connectivity index (χ1n) is 8.25. The molecule has 0 radical (unpaired) electrons. The summed E-state index contributed by atoms with van der Waals surface area (Å²) in [6.07, 6.45) is 0. The van der Waals surface area contributed by atoms with E-state index in [0.717, 1.165) is 16.5 Å². The Morgan fingerprint density at radius 3 is 2.43 bits per heavy atom. The molecule has 138 valence electrons. The van der Waals surface area contributed by atoms with E-state index in [1.807, 2.05) is 36.4 Å². The monoisotopic (exact) mass is 410 g/mol. The molecule has 0 unspecified atom stereocenters. The van der Waals surface area contributed by atoms with Crippen LogP contribution < -0.4 is 5.32 Å². The molecule has 0 bridgehead atoms. The van der Waals surface area contributed by atoms with Gasteiger partial charge in [0, 0.05) is 27.7 Å². The van der Waals surface area contributed by atoms with Crippen molar-refractivity contribution in [1.29, 1.82) is 0 Å². The highest BCUT2D eigenvalue weighted by Crippen LogP contribution is 2.31. The van der Waals surface area contributed by atoms with E-state index >= 15 is 0 Å². The van der Waals surface area contributed by atoms with Crippen molar-refractivity contribution in [2.75, 3.05) is 5.32 Å². The van der Waals surface area contributed by atoms with Crippen molar-refractivity contribution < 1.29 is 4.92 Å². The van der Waals surface area contributed by atoms with Gasteiger partial charge in [-0.15, -0.1) is 0 Å². The van der Waals surface area contributed by atoms with Crippen LogP contribution in [0.3, 0.4) is 0 Å². The number of para-hydroxylation sites is 1.